The molecule has 6 heterocycles. The number of rotatable bonds is 6. The standard InChI is InChI=1S/C34H38ClF5N8O3/c1-18-25-15-46(7-5-9-48(25)44-28(18)31(49)45(2)3)30-22-16-50-26(21-10-20(41)11-23(35)27(21)34(38,39)40)12-24(22)42-32(43-30)51-17-33-6-4-8-47(33)14-19(13-33)29(36)37/h10-11,26H,4-9,12-17,41H2,1-3H3. The molecule has 2 aromatic heterocycles. The number of amides is 1. The Morgan fingerprint density at radius 2 is 1.94 bits per heavy atom. The topological polar surface area (TPSA) is 115 Å². The summed E-state index contributed by atoms with van der Waals surface area (Å²) in [5.41, 5.74) is 7.17. The Bertz CT molecular complexity index is 1910. The number of ether oxygens (including phenoxy) is 2. The molecule has 0 aliphatic carbocycles. The van der Waals surface area contributed by atoms with Crippen molar-refractivity contribution in [2.75, 3.05) is 51.0 Å². The highest BCUT2D eigenvalue weighted by Gasteiger charge is 2.48. The number of carbonyl (C=O) groups excluding carboxylic acids is 1. The van der Waals surface area contributed by atoms with Gasteiger partial charge in [0, 0.05) is 62.5 Å². The number of nitrogen functional groups attached to an aromatic ring is 1. The van der Waals surface area contributed by atoms with Crippen LogP contribution in [-0.2, 0) is 37.0 Å². The van der Waals surface area contributed by atoms with Crippen LogP contribution in [0.1, 0.15) is 75.9 Å². The van der Waals surface area contributed by atoms with Crippen molar-refractivity contribution in [2.24, 2.45) is 0 Å². The fraction of sp³-hybridized carbons (Fsp3) is 0.529. The van der Waals surface area contributed by atoms with Gasteiger partial charge < -0.3 is 25.0 Å². The first kappa shape index (κ1) is 35.4. The molecule has 2 N–H and O–H groups in total. The number of nitrogens with zero attached hydrogens (tertiary/aromatic N) is 7. The van der Waals surface area contributed by atoms with E-state index >= 15 is 0 Å². The molecule has 4 aliphatic heterocycles. The molecule has 2 fully saturated rings. The van der Waals surface area contributed by atoms with Crippen molar-refractivity contribution < 1.29 is 36.2 Å². The number of alkyl halides is 3. The Labute approximate surface area is 296 Å². The van der Waals surface area contributed by atoms with E-state index in [-0.39, 0.29) is 61.3 Å². The van der Waals surface area contributed by atoms with Crippen molar-refractivity contribution in [3.8, 4) is 6.01 Å². The Hall–Kier alpha value is -4.02. The Balaban J connectivity index is 1.27. The van der Waals surface area contributed by atoms with Gasteiger partial charge in [-0.3, -0.25) is 14.4 Å². The minimum Gasteiger partial charge on any atom is -0.461 e. The summed E-state index contributed by atoms with van der Waals surface area (Å²) in [7, 11) is 3.33. The largest absolute Gasteiger partial charge is 0.461 e. The minimum absolute atomic E-state index is 0.0108. The molecule has 17 heteroatoms. The van der Waals surface area contributed by atoms with E-state index in [0.717, 1.165) is 23.7 Å². The maximum absolute atomic E-state index is 14.3. The third-order valence-corrected chi connectivity index (χ3v) is 10.7. The number of hydrogen-bond acceptors (Lipinski definition) is 9. The molecule has 0 saturated carbocycles. The number of anilines is 2. The number of halogens is 6. The molecule has 11 nitrogen and oxygen atoms in total. The van der Waals surface area contributed by atoms with Crippen LogP contribution >= 0.6 is 11.6 Å². The van der Waals surface area contributed by atoms with Gasteiger partial charge in [0.2, 0.25) is 0 Å². The molecule has 3 aromatic rings. The second-order valence-electron chi connectivity index (χ2n) is 13.9. The average molecular weight is 737 g/mol. The summed E-state index contributed by atoms with van der Waals surface area (Å²) in [6.45, 7) is 4.06. The van der Waals surface area contributed by atoms with Crippen LogP contribution in [0.2, 0.25) is 5.02 Å². The van der Waals surface area contributed by atoms with Gasteiger partial charge in [-0.2, -0.15) is 37.0 Å². The van der Waals surface area contributed by atoms with Gasteiger partial charge >= 0.3 is 12.2 Å². The zero-order valence-corrected chi connectivity index (χ0v) is 29.2. The zero-order chi connectivity index (χ0) is 36.4. The Kier molecular flexibility index (Phi) is 9.15. The van der Waals surface area contributed by atoms with E-state index in [1.54, 1.807) is 14.1 Å². The summed E-state index contributed by atoms with van der Waals surface area (Å²) in [5.74, 6) is 0.263. The first-order valence-electron chi connectivity index (χ1n) is 16.8. The molecule has 51 heavy (non-hydrogen) atoms. The van der Waals surface area contributed by atoms with Crippen LogP contribution < -0.4 is 15.4 Å². The van der Waals surface area contributed by atoms with Crippen LogP contribution in [0.5, 0.6) is 6.01 Å². The van der Waals surface area contributed by atoms with E-state index in [2.05, 4.69) is 5.10 Å². The van der Waals surface area contributed by atoms with Gasteiger partial charge in [-0.1, -0.05) is 11.6 Å². The summed E-state index contributed by atoms with van der Waals surface area (Å²) in [4.78, 5) is 27.9. The van der Waals surface area contributed by atoms with Crippen molar-refractivity contribution >= 4 is 29.0 Å². The van der Waals surface area contributed by atoms with E-state index in [4.69, 9.17) is 36.8 Å². The number of aryl methyl sites for hydroxylation is 1. The lowest BCUT2D eigenvalue weighted by molar-refractivity contribution is -0.139. The van der Waals surface area contributed by atoms with Gasteiger partial charge in [-0.25, -0.2) is 0 Å². The first-order valence-corrected chi connectivity index (χ1v) is 17.1. The summed E-state index contributed by atoms with van der Waals surface area (Å²) in [6, 6.07) is 2.27. The maximum atomic E-state index is 14.3. The SMILES string of the molecule is Cc1c(C(=O)N(C)C)nn2c1CN(c1nc(OCC34CCCN3CC(=C(F)F)C4)nc3c1COC(c1cc(N)cc(Cl)c1C(F)(F)F)C3)CCC2. The molecule has 0 radical (unpaired) electrons. The number of aromatic nitrogens is 4. The van der Waals surface area contributed by atoms with Gasteiger partial charge in [-0.15, -0.1) is 0 Å². The van der Waals surface area contributed by atoms with Crippen molar-refractivity contribution in [3.63, 3.8) is 0 Å². The monoisotopic (exact) mass is 736 g/mol. The molecule has 2 unspecified atom stereocenters. The molecule has 0 spiro atoms. The van der Waals surface area contributed by atoms with Gasteiger partial charge in [0.25, 0.3) is 12.0 Å². The lowest BCUT2D eigenvalue weighted by atomic mass is 9.93. The van der Waals surface area contributed by atoms with Crippen molar-refractivity contribution in [1.29, 1.82) is 0 Å². The number of fused-ring (bicyclic) bond motifs is 3. The summed E-state index contributed by atoms with van der Waals surface area (Å²) in [6.07, 6.45) is -5.27. The molecular weight excluding hydrogens is 699 g/mol. The number of hydrogen-bond donors (Lipinski definition) is 1. The van der Waals surface area contributed by atoms with Gasteiger partial charge in [0.1, 0.15) is 12.4 Å². The number of carbonyl (C=O) groups is 1. The lowest BCUT2D eigenvalue weighted by Crippen LogP contribution is -2.43. The summed E-state index contributed by atoms with van der Waals surface area (Å²) in [5, 5.41) is 4.08. The fourth-order valence-electron chi connectivity index (χ4n) is 7.86. The molecule has 274 valence electrons. The molecule has 7 rings (SSSR count). The third kappa shape index (κ3) is 6.50. The van der Waals surface area contributed by atoms with Crippen LogP contribution in [0, 0.1) is 6.92 Å². The molecule has 0 bridgehead atoms. The minimum atomic E-state index is -4.77. The van der Waals surface area contributed by atoms with E-state index in [0.29, 0.717) is 61.8 Å². The predicted molar refractivity (Wildman–Crippen MR) is 178 cm³/mol. The highest BCUT2D eigenvalue weighted by Crippen LogP contribution is 2.46. The van der Waals surface area contributed by atoms with E-state index in [9.17, 15) is 26.7 Å². The molecule has 2 atom stereocenters. The third-order valence-electron chi connectivity index (χ3n) is 10.4. The van der Waals surface area contributed by atoms with Crippen molar-refractivity contribution in [1.82, 2.24) is 29.5 Å². The van der Waals surface area contributed by atoms with Crippen LogP contribution in [-0.4, -0.2) is 81.3 Å². The molecule has 2 saturated heterocycles. The zero-order valence-electron chi connectivity index (χ0n) is 28.4. The second kappa shape index (κ2) is 13.2. The number of benzene rings is 1. The molecule has 1 aromatic carbocycles. The molecule has 4 aliphatic rings. The smallest absolute Gasteiger partial charge is 0.418 e. The van der Waals surface area contributed by atoms with Crippen LogP contribution in [0.25, 0.3) is 0 Å². The summed E-state index contributed by atoms with van der Waals surface area (Å²) < 4.78 is 84.3. The normalized spacial score (nSPS) is 22.0. The Morgan fingerprint density at radius 1 is 1.16 bits per heavy atom. The first-order chi connectivity index (χ1) is 24.1. The van der Waals surface area contributed by atoms with Crippen molar-refractivity contribution in [3.05, 3.63) is 68.1 Å². The molecule has 1 amide bonds. The van der Waals surface area contributed by atoms with Gasteiger partial charge in [0.05, 0.1) is 46.8 Å². The number of nitrogens with two attached hydrogens (primary N) is 1. The van der Waals surface area contributed by atoms with Crippen LogP contribution in [0.3, 0.4) is 0 Å². The lowest BCUT2D eigenvalue weighted by Gasteiger charge is -2.33. The van der Waals surface area contributed by atoms with E-state index in [1.165, 1.54) is 11.0 Å². The molecular formula is C34H38ClF5N8O3. The average Bonchev–Trinajstić information content (AvgIpc) is 3.66. The fourth-order valence-corrected chi connectivity index (χ4v) is 8.20. The summed E-state index contributed by atoms with van der Waals surface area (Å²) >= 11 is 6.08. The van der Waals surface area contributed by atoms with E-state index < -0.39 is 34.5 Å². The quantitative estimate of drug-likeness (QED) is 0.243. The highest BCUT2D eigenvalue weighted by atomic mass is 35.5. The predicted octanol–water partition coefficient (Wildman–Crippen LogP) is 5.93. The highest BCUT2D eigenvalue weighted by molar-refractivity contribution is 6.31. The van der Waals surface area contributed by atoms with Crippen molar-refractivity contribution in [2.45, 2.75) is 76.5 Å². The maximum Gasteiger partial charge on any atom is 0.418 e. The van der Waals surface area contributed by atoms with Crippen LogP contribution in [0.15, 0.2) is 23.8 Å². The second-order valence-corrected chi connectivity index (χ2v) is 14.3. The van der Waals surface area contributed by atoms with Crippen LogP contribution in [0.4, 0.5) is 33.5 Å². The van der Waals surface area contributed by atoms with Gasteiger partial charge in [-0.05, 0) is 56.8 Å². The Morgan fingerprint density at radius 3 is 2.67 bits per heavy atom. The van der Waals surface area contributed by atoms with Gasteiger partial charge in [0.15, 0.2) is 5.69 Å². The van der Waals surface area contributed by atoms with E-state index in [1.807, 2.05) is 21.4 Å².